The summed E-state index contributed by atoms with van der Waals surface area (Å²) in [5.41, 5.74) is 5.47. The standard InChI is InChI=1S/C12H19NO3/c1-12(2,13)8-16-11-6-9(14-3)5-10(7-11)15-4/h5-7H,8,13H2,1-4H3. The molecule has 0 saturated carbocycles. The van der Waals surface area contributed by atoms with Crippen molar-refractivity contribution in [2.45, 2.75) is 19.4 Å². The van der Waals surface area contributed by atoms with Gasteiger partial charge >= 0.3 is 0 Å². The Morgan fingerprint density at radius 2 is 1.44 bits per heavy atom. The summed E-state index contributed by atoms with van der Waals surface area (Å²) in [5, 5.41) is 0. The van der Waals surface area contributed by atoms with Gasteiger partial charge in [-0.15, -0.1) is 0 Å². The van der Waals surface area contributed by atoms with Crippen LogP contribution >= 0.6 is 0 Å². The first kappa shape index (κ1) is 12.6. The van der Waals surface area contributed by atoms with E-state index in [0.717, 1.165) is 0 Å². The van der Waals surface area contributed by atoms with Crippen LogP contribution in [0.5, 0.6) is 17.2 Å². The minimum Gasteiger partial charge on any atom is -0.496 e. The number of nitrogens with two attached hydrogens (primary N) is 1. The summed E-state index contributed by atoms with van der Waals surface area (Å²) in [5.74, 6) is 2.09. The third-order valence-corrected chi connectivity index (χ3v) is 1.94. The van der Waals surface area contributed by atoms with Gasteiger partial charge in [0.05, 0.1) is 14.2 Å². The minimum absolute atomic E-state index is 0.365. The molecule has 4 nitrogen and oxygen atoms in total. The molecule has 0 heterocycles. The van der Waals surface area contributed by atoms with E-state index in [1.165, 1.54) is 0 Å². The maximum absolute atomic E-state index is 5.84. The van der Waals surface area contributed by atoms with Gasteiger partial charge in [0.1, 0.15) is 23.9 Å². The molecule has 0 spiro atoms. The normalized spacial score (nSPS) is 11.1. The van der Waals surface area contributed by atoms with Gasteiger partial charge in [-0.2, -0.15) is 0 Å². The molecule has 0 aliphatic rings. The lowest BCUT2D eigenvalue weighted by atomic mass is 10.1. The first-order chi connectivity index (χ1) is 7.44. The molecule has 0 atom stereocenters. The molecule has 0 amide bonds. The van der Waals surface area contributed by atoms with Crippen LogP contribution in [0.1, 0.15) is 13.8 Å². The zero-order valence-electron chi connectivity index (χ0n) is 10.2. The van der Waals surface area contributed by atoms with Crippen molar-refractivity contribution in [2.75, 3.05) is 20.8 Å². The van der Waals surface area contributed by atoms with E-state index in [-0.39, 0.29) is 5.54 Å². The Morgan fingerprint density at radius 3 is 1.81 bits per heavy atom. The van der Waals surface area contributed by atoms with Gasteiger partial charge in [-0.05, 0) is 13.8 Å². The molecular formula is C12H19NO3. The van der Waals surface area contributed by atoms with Gasteiger partial charge in [-0.1, -0.05) is 0 Å². The summed E-state index contributed by atoms with van der Waals surface area (Å²) in [6, 6.07) is 5.39. The molecule has 2 N–H and O–H groups in total. The maximum Gasteiger partial charge on any atom is 0.126 e. The quantitative estimate of drug-likeness (QED) is 0.830. The fourth-order valence-corrected chi connectivity index (χ4v) is 1.13. The summed E-state index contributed by atoms with van der Waals surface area (Å²) < 4.78 is 15.8. The lowest BCUT2D eigenvalue weighted by Gasteiger charge is -2.19. The van der Waals surface area contributed by atoms with Gasteiger partial charge in [-0.3, -0.25) is 0 Å². The van der Waals surface area contributed by atoms with E-state index in [0.29, 0.717) is 23.9 Å². The Morgan fingerprint density at radius 1 is 1.00 bits per heavy atom. The molecule has 0 unspecified atom stereocenters. The van der Waals surface area contributed by atoms with Crippen LogP contribution < -0.4 is 19.9 Å². The third-order valence-electron chi connectivity index (χ3n) is 1.94. The highest BCUT2D eigenvalue weighted by atomic mass is 16.5. The molecule has 0 saturated heterocycles. The second-order valence-corrected chi connectivity index (χ2v) is 4.33. The van der Waals surface area contributed by atoms with Gasteiger partial charge in [-0.25, -0.2) is 0 Å². The molecule has 1 aromatic carbocycles. The van der Waals surface area contributed by atoms with Crippen molar-refractivity contribution in [1.29, 1.82) is 0 Å². The number of hydrogen-bond donors (Lipinski definition) is 1. The summed E-state index contributed by atoms with van der Waals surface area (Å²) in [4.78, 5) is 0. The van der Waals surface area contributed by atoms with Crippen LogP contribution in [0.3, 0.4) is 0 Å². The van der Waals surface area contributed by atoms with E-state index in [9.17, 15) is 0 Å². The van der Waals surface area contributed by atoms with E-state index in [2.05, 4.69) is 0 Å². The van der Waals surface area contributed by atoms with Crippen molar-refractivity contribution >= 4 is 0 Å². The highest BCUT2D eigenvalue weighted by Gasteiger charge is 2.12. The Bertz CT molecular complexity index is 322. The number of methoxy groups -OCH3 is 2. The van der Waals surface area contributed by atoms with Crippen molar-refractivity contribution in [3.8, 4) is 17.2 Å². The monoisotopic (exact) mass is 225 g/mol. The van der Waals surface area contributed by atoms with E-state index in [1.807, 2.05) is 13.8 Å². The number of rotatable bonds is 5. The highest BCUT2D eigenvalue weighted by Crippen LogP contribution is 2.27. The first-order valence-electron chi connectivity index (χ1n) is 5.09. The molecule has 0 aliphatic heterocycles. The predicted molar refractivity (Wildman–Crippen MR) is 63.3 cm³/mol. The first-order valence-corrected chi connectivity index (χ1v) is 5.09. The molecule has 0 bridgehead atoms. The van der Waals surface area contributed by atoms with Gasteiger partial charge in [0.25, 0.3) is 0 Å². The van der Waals surface area contributed by atoms with Crippen LogP contribution in [0.15, 0.2) is 18.2 Å². The number of benzene rings is 1. The molecule has 16 heavy (non-hydrogen) atoms. The Kier molecular flexibility index (Phi) is 4.01. The average Bonchev–Trinajstić information content (AvgIpc) is 2.25. The lowest BCUT2D eigenvalue weighted by Crippen LogP contribution is -2.38. The lowest BCUT2D eigenvalue weighted by molar-refractivity contribution is 0.241. The van der Waals surface area contributed by atoms with E-state index >= 15 is 0 Å². The highest BCUT2D eigenvalue weighted by molar-refractivity contribution is 5.42. The van der Waals surface area contributed by atoms with Crippen molar-refractivity contribution in [1.82, 2.24) is 0 Å². The van der Waals surface area contributed by atoms with Gasteiger partial charge in [0.2, 0.25) is 0 Å². The smallest absolute Gasteiger partial charge is 0.126 e. The fraction of sp³-hybridized carbons (Fsp3) is 0.500. The molecule has 4 heteroatoms. The van der Waals surface area contributed by atoms with Crippen LogP contribution in [0, 0.1) is 0 Å². The fourth-order valence-electron chi connectivity index (χ4n) is 1.13. The van der Waals surface area contributed by atoms with E-state index < -0.39 is 0 Å². The summed E-state index contributed by atoms with van der Waals surface area (Å²) in [7, 11) is 3.21. The van der Waals surface area contributed by atoms with Crippen molar-refractivity contribution in [3.63, 3.8) is 0 Å². The Hall–Kier alpha value is -1.42. The van der Waals surface area contributed by atoms with Crippen LogP contribution in [0.2, 0.25) is 0 Å². The Labute approximate surface area is 96.3 Å². The van der Waals surface area contributed by atoms with Crippen LogP contribution in [0.25, 0.3) is 0 Å². The molecule has 0 aliphatic carbocycles. The molecular weight excluding hydrogens is 206 g/mol. The zero-order valence-corrected chi connectivity index (χ0v) is 10.2. The van der Waals surface area contributed by atoms with Crippen molar-refractivity contribution in [2.24, 2.45) is 5.73 Å². The third kappa shape index (κ3) is 3.98. The number of hydrogen-bond acceptors (Lipinski definition) is 4. The minimum atomic E-state index is -0.365. The molecule has 0 fully saturated rings. The molecule has 90 valence electrons. The largest absolute Gasteiger partial charge is 0.496 e. The summed E-state index contributed by atoms with van der Waals surface area (Å²) in [6.45, 7) is 4.25. The van der Waals surface area contributed by atoms with Gasteiger partial charge in [0.15, 0.2) is 0 Å². The molecule has 0 radical (unpaired) electrons. The van der Waals surface area contributed by atoms with Crippen LogP contribution in [-0.4, -0.2) is 26.4 Å². The average molecular weight is 225 g/mol. The van der Waals surface area contributed by atoms with Gasteiger partial charge in [0, 0.05) is 23.7 Å². The van der Waals surface area contributed by atoms with Gasteiger partial charge < -0.3 is 19.9 Å². The SMILES string of the molecule is COc1cc(OC)cc(OCC(C)(C)N)c1. The van der Waals surface area contributed by atoms with Crippen molar-refractivity contribution in [3.05, 3.63) is 18.2 Å². The Balaban J connectivity index is 2.79. The summed E-state index contributed by atoms with van der Waals surface area (Å²) >= 11 is 0. The second kappa shape index (κ2) is 5.07. The van der Waals surface area contributed by atoms with Crippen LogP contribution in [-0.2, 0) is 0 Å². The maximum atomic E-state index is 5.84. The van der Waals surface area contributed by atoms with Crippen LogP contribution in [0.4, 0.5) is 0 Å². The number of ether oxygens (including phenoxy) is 3. The molecule has 1 aromatic rings. The zero-order chi connectivity index (χ0) is 12.2. The van der Waals surface area contributed by atoms with E-state index in [4.69, 9.17) is 19.9 Å². The molecule has 1 rings (SSSR count). The predicted octanol–water partition coefficient (Wildman–Crippen LogP) is 1.82. The second-order valence-electron chi connectivity index (χ2n) is 4.33. The molecule has 0 aromatic heterocycles. The van der Waals surface area contributed by atoms with Crippen molar-refractivity contribution < 1.29 is 14.2 Å². The van der Waals surface area contributed by atoms with E-state index in [1.54, 1.807) is 32.4 Å². The summed E-state index contributed by atoms with van der Waals surface area (Å²) in [6.07, 6.45) is 0. The topological polar surface area (TPSA) is 53.7 Å².